The number of aliphatic hydroxyl groups excluding tert-OH is 1. The van der Waals surface area contributed by atoms with E-state index in [1.54, 1.807) is 37.3 Å². The quantitative estimate of drug-likeness (QED) is 0.342. The van der Waals surface area contributed by atoms with Crippen LogP contribution in [0.3, 0.4) is 0 Å². The summed E-state index contributed by atoms with van der Waals surface area (Å²) < 4.78 is 68.7. The van der Waals surface area contributed by atoms with E-state index in [9.17, 15) is 22.7 Å². The monoisotopic (exact) mass is 488 g/mol. The topological polar surface area (TPSA) is 38.7 Å². The van der Waals surface area contributed by atoms with Gasteiger partial charge in [0.1, 0.15) is 6.61 Å². The van der Waals surface area contributed by atoms with Gasteiger partial charge in [-0.1, -0.05) is 30.3 Å². The number of hydrogen-bond acceptors (Lipinski definition) is 3. The highest BCUT2D eigenvalue weighted by Gasteiger charge is 2.26. The predicted octanol–water partition coefficient (Wildman–Crippen LogP) is 7.15. The van der Waals surface area contributed by atoms with Crippen LogP contribution < -0.4 is 9.47 Å². The van der Waals surface area contributed by atoms with E-state index < -0.39 is 23.3 Å². The summed E-state index contributed by atoms with van der Waals surface area (Å²) in [6.45, 7) is 2.02. The van der Waals surface area contributed by atoms with Crippen LogP contribution in [0.2, 0.25) is 0 Å². The van der Waals surface area contributed by atoms with E-state index in [-0.39, 0.29) is 48.7 Å². The van der Waals surface area contributed by atoms with Crippen molar-refractivity contribution in [2.45, 2.75) is 45.1 Å². The maximum absolute atomic E-state index is 14.8. The lowest BCUT2D eigenvalue weighted by Gasteiger charge is -2.28. The van der Waals surface area contributed by atoms with Gasteiger partial charge in [0.05, 0.1) is 6.61 Å². The van der Waals surface area contributed by atoms with Gasteiger partial charge in [0.25, 0.3) is 0 Å². The summed E-state index contributed by atoms with van der Waals surface area (Å²) in [7, 11) is 0. The molecule has 0 saturated heterocycles. The zero-order chi connectivity index (χ0) is 24.9. The van der Waals surface area contributed by atoms with Crippen LogP contribution in [-0.4, -0.2) is 18.3 Å². The number of benzene rings is 3. The zero-order valence-electron chi connectivity index (χ0n) is 19.5. The van der Waals surface area contributed by atoms with Crippen LogP contribution in [0.4, 0.5) is 17.6 Å². The molecule has 1 aliphatic rings. The SMILES string of the molecule is CCOc1ccc(-c2ccc(COc3ccc(C4CCC(CO)CC4)c(F)c3F)cc2)c(F)c1F. The fraction of sp³-hybridized carbons (Fsp3) is 0.357. The van der Waals surface area contributed by atoms with Crippen molar-refractivity contribution in [2.24, 2.45) is 5.92 Å². The maximum Gasteiger partial charge on any atom is 0.201 e. The summed E-state index contributed by atoms with van der Waals surface area (Å²) in [6.07, 6.45) is 3.02. The molecule has 0 atom stereocenters. The minimum Gasteiger partial charge on any atom is -0.491 e. The molecular formula is C28H28F4O3. The smallest absolute Gasteiger partial charge is 0.201 e. The van der Waals surface area contributed by atoms with Gasteiger partial charge >= 0.3 is 0 Å². The molecule has 186 valence electrons. The van der Waals surface area contributed by atoms with Gasteiger partial charge in [0.2, 0.25) is 11.6 Å². The van der Waals surface area contributed by atoms with Crippen molar-refractivity contribution in [1.29, 1.82) is 0 Å². The number of halogens is 4. The first-order chi connectivity index (χ1) is 16.9. The molecule has 0 heterocycles. The number of aliphatic hydroxyl groups is 1. The largest absolute Gasteiger partial charge is 0.491 e. The molecule has 3 aromatic rings. The highest BCUT2D eigenvalue weighted by atomic mass is 19.2. The molecule has 0 unspecified atom stereocenters. The normalized spacial score (nSPS) is 17.9. The molecule has 0 aliphatic heterocycles. The highest BCUT2D eigenvalue weighted by molar-refractivity contribution is 5.65. The van der Waals surface area contributed by atoms with Crippen molar-refractivity contribution in [3.63, 3.8) is 0 Å². The fourth-order valence-electron chi connectivity index (χ4n) is 4.59. The minimum absolute atomic E-state index is 0.0162. The molecule has 0 aromatic heterocycles. The molecule has 0 bridgehead atoms. The molecule has 4 rings (SSSR count). The van der Waals surface area contributed by atoms with Crippen LogP contribution in [0.25, 0.3) is 11.1 Å². The fourth-order valence-corrected chi connectivity index (χ4v) is 4.59. The van der Waals surface area contributed by atoms with E-state index in [0.29, 0.717) is 29.5 Å². The van der Waals surface area contributed by atoms with Crippen LogP contribution in [0.5, 0.6) is 11.5 Å². The van der Waals surface area contributed by atoms with E-state index in [1.807, 2.05) is 0 Å². The Morgan fingerprint density at radius 2 is 1.37 bits per heavy atom. The molecule has 0 amide bonds. The number of ether oxygens (including phenoxy) is 2. The summed E-state index contributed by atoms with van der Waals surface area (Å²) in [5.74, 6) is -4.11. The Bertz CT molecular complexity index is 1160. The number of hydrogen-bond donors (Lipinski definition) is 1. The van der Waals surface area contributed by atoms with Crippen molar-refractivity contribution in [2.75, 3.05) is 13.2 Å². The Kier molecular flexibility index (Phi) is 7.96. The third kappa shape index (κ3) is 5.45. The summed E-state index contributed by atoms with van der Waals surface area (Å²) in [5, 5.41) is 9.27. The van der Waals surface area contributed by atoms with E-state index in [1.165, 1.54) is 18.2 Å². The van der Waals surface area contributed by atoms with E-state index in [2.05, 4.69) is 0 Å². The van der Waals surface area contributed by atoms with E-state index >= 15 is 0 Å². The summed E-state index contributed by atoms with van der Waals surface area (Å²) in [6, 6.07) is 12.4. The Morgan fingerprint density at radius 1 is 0.743 bits per heavy atom. The van der Waals surface area contributed by atoms with Crippen molar-refractivity contribution in [3.8, 4) is 22.6 Å². The third-order valence-corrected chi connectivity index (χ3v) is 6.63. The molecule has 1 fully saturated rings. The average Bonchev–Trinajstić information content (AvgIpc) is 2.88. The molecule has 3 aromatic carbocycles. The summed E-state index contributed by atoms with van der Waals surface area (Å²) in [4.78, 5) is 0. The van der Waals surface area contributed by atoms with Crippen LogP contribution in [0.1, 0.15) is 49.7 Å². The van der Waals surface area contributed by atoms with Crippen LogP contribution in [0.15, 0.2) is 48.5 Å². The molecule has 35 heavy (non-hydrogen) atoms. The molecule has 7 heteroatoms. The zero-order valence-corrected chi connectivity index (χ0v) is 19.5. The van der Waals surface area contributed by atoms with Crippen LogP contribution >= 0.6 is 0 Å². The second-order valence-corrected chi connectivity index (χ2v) is 8.84. The van der Waals surface area contributed by atoms with Gasteiger partial charge in [-0.25, -0.2) is 8.78 Å². The first-order valence-corrected chi connectivity index (χ1v) is 11.8. The van der Waals surface area contributed by atoms with Gasteiger partial charge in [-0.05, 0) is 79.3 Å². The molecule has 1 N–H and O–H groups in total. The van der Waals surface area contributed by atoms with Gasteiger partial charge in [0.15, 0.2) is 23.1 Å². The molecule has 0 spiro atoms. The molecule has 3 nitrogen and oxygen atoms in total. The highest BCUT2D eigenvalue weighted by Crippen LogP contribution is 2.38. The lowest BCUT2D eigenvalue weighted by Crippen LogP contribution is -2.17. The molecule has 1 saturated carbocycles. The van der Waals surface area contributed by atoms with Crippen molar-refractivity contribution in [3.05, 3.63) is 82.9 Å². The Morgan fingerprint density at radius 3 is 2.03 bits per heavy atom. The van der Waals surface area contributed by atoms with Gasteiger partial charge < -0.3 is 14.6 Å². The van der Waals surface area contributed by atoms with E-state index in [4.69, 9.17) is 9.47 Å². The lowest BCUT2D eigenvalue weighted by atomic mass is 9.79. The lowest BCUT2D eigenvalue weighted by molar-refractivity contribution is 0.181. The van der Waals surface area contributed by atoms with Crippen LogP contribution in [0, 0.1) is 29.2 Å². The van der Waals surface area contributed by atoms with Crippen molar-refractivity contribution < 1.29 is 32.1 Å². The first kappa shape index (κ1) is 25.0. The third-order valence-electron chi connectivity index (χ3n) is 6.63. The minimum atomic E-state index is -1.04. The van der Waals surface area contributed by atoms with Crippen molar-refractivity contribution >= 4 is 0 Å². The average molecular weight is 489 g/mol. The predicted molar refractivity (Wildman–Crippen MR) is 125 cm³/mol. The maximum atomic E-state index is 14.8. The Labute approximate surface area is 202 Å². The Hall–Kier alpha value is -3.06. The molecule has 0 radical (unpaired) electrons. The number of rotatable bonds is 8. The van der Waals surface area contributed by atoms with Gasteiger partial charge in [0, 0.05) is 12.2 Å². The summed E-state index contributed by atoms with van der Waals surface area (Å²) in [5.41, 5.74) is 1.56. The van der Waals surface area contributed by atoms with Gasteiger partial charge in [-0.2, -0.15) is 8.78 Å². The van der Waals surface area contributed by atoms with Gasteiger partial charge in [-0.15, -0.1) is 0 Å². The summed E-state index contributed by atoms with van der Waals surface area (Å²) >= 11 is 0. The Balaban J connectivity index is 1.42. The second kappa shape index (κ2) is 11.1. The van der Waals surface area contributed by atoms with Crippen molar-refractivity contribution in [1.82, 2.24) is 0 Å². The second-order valence-electron chi connectivity index (χ2n) is 8.84. The standard InChI is InChI=1S/C28H28F4O3/c1-2-34-23-13-11-21(25(29)27(23)31)20-9-5-18(6-10-20)16-35-24-14-12-22(26(30)28(24)32)19-7-3-17(15-33)4-8-19/h5-6,9-14,17,19,33H,2-4,7-8,15-16H2,1H3. The van der Waals surface area contributed by atoms with Gasteiger partial charge in [-0.3, -0.25) is 0 Å². The molecular weight excluding hydrogens is 460 g/mol. The molecule has 1 aliphatic carbocycles. The first-order valence-electron chi connectivity index (χ1n) is 11.8. The van der Waals surface area contributed by atoms with E-state index in [0.717, 1.165) is 12.8 Å². The van der Waals surface area contributed by atoms with Crippen LogP contribution in [-0.2, 0) is 6.61 Å².